The number of alkyl halides is 2. The first-order valence-corrected chi connectivity index (χ1v) is 18.2. The number of carboxylic acids is 1. The highest BCUT2D eigenvalue weighted by atomic mass is 35.5. The van der Waals surface area contributed by atoms with Gasteiger partial charge in [0.25, 0.3) is 12.0 Å². The van der Waals surface area contributed by atoms with Crippen molar-refractivity contribution >= 4 is 40.1 Å². The average molecular weight is 764 g/mol. The molecular weight excluding hydrogens is 720 g/mol. The van der Waals surface area contributed by atoms with E-state index in [1.54, 1.807) is 19.2 Å². The van der Waals surface area contributed by atoms with Crippen molar-refractivity contribution in [2.24, 2.45) is 20.0 Å². The van der Waals surface area contributed by atoms with E-state index in [2.05, 4.69) is 26.7 Å². The van der Waals surface area contributed by atoms with E-state index in [4.69, 9.17) is 26.4 Å². The van der Waals surface area contributed by atoms with Crippen LogP contribution in [-0.2, 0) is 31.7 Å². The molecule has 1 aliphatic carbocycles. The first-order valence-electron chi connectivity index (χ1n) is 17.8. The minimum Gasteiger partial charge on any atom is -0.481 e. The summed E-state index contributed by atoms with van der Waals surface area (Å²) in [4.78, 5) is 48.5. The number of aliphatic carboxylic acids is 1. The number of carbonyl (C=O) groups is 1. The minimum atomic E-state index is -3.02. The number of benzene rings is 2. The first kappa shape index (κ1) is 40.0. The van der Waals surface area contributed by atoms with Gasteiger partial charge < -0.3 is 20.5 Å². The molecular formula is C39H44ClF2N7O5. The van der Waals surface area contributed by atoms with Crippen molar-refractivity contribution in [3.63, 3.8) is 0 Å². The Hall–Kier alpha value is -5.21. The normalized spacial score (nSPS) is 13.8. The Morgan fingerprint density at radius 1 is 1.00 bits per heavy atom. The van der Waals surface area contributed by atoms with Crippen LogP contribution in [0.2, 0.25) is 5.02 Å². The van der Waals surface area contributed by atoms with Crippen molar-refractivity contribution in [3.05, 3.63) is 90.8 Å². The maximum Gasteiger partial charge on any atom is 0.332 e. The van der Waals surface area contributed by atoms with Gasteiger partial charge in [0.2, 0.25) is 5.88 Å². The molecule has 4 heterocycles. The minimum absolute atomic E-state index is 0.0875. The van der Waals surface area contributed by atoms with E-state index in [0.29, 0.717) is 22.3 Å². The summed E-state index contributed by atoms with van der Waals surface area (Å²) in [6.07, 6.45) is 1.48. The molecule has 2 aliphatic rings. The maximum absolute atomic E-state index is 13.8. The highest BCUT2D eigenvalue weighted by Gasteiger charge is 2.24. The summed E-state index contributed by atoms with van der Waals surface area (Å²) in [6, 6.07) is 13.2. The van der Waals surface area contributed by atoms with Gasteiger partial charge in [-0.05, 0) is 80.9 Å². The molecule has 2 aromatic carbocycles. The number of carboxylic acid groups (broad SMARTS) is 1. The fourth-order valence-corrected chi connectivity index (χ4v) is 7.04. The quantitative estimate of drug-likeness (QED) is 0.158. The Morgan fingerprint density at radius 3 is 2.31 bits per heavy atom. The van der Waals surface area contributed by atoms with Gasteiger partial charge in [-0.1, -0.05) is 55.8 Å². The Bertz CT molecular complexity index is 2310. The van der Waals surface area contributed by atoms with E-state index in [0.717, 1.165) is 82.1 Å². The van der Waals surface area contributed by atoms with Gasteiger partial charge in [-0.2, -0.15) is 0 Å². The van der Waals surface area contributed by atoms with Crippen LogP contribution < -0.4 is 26.6 Å². The molecule has 12 nitrogen and oxygen atoms in total. The van der Waals surface area contributed by atoms with Crippen molar-refractivity contribution in [3.8, 4) is 28.3 Å². The third-order valence-electron chi connectivity index (χ3n) is 9.60. The van der Waals surface area contributed by atoms with E-state index in [1.807, 2.05) is 45.0 Å². The zero-order valence-corrected chi connectivity index (χ0v) is 31.9. The van der Waals surface area contributed by atoms with Gasteiger partial charge in [-0.15, -0.1) is 0 Å². The van der Waals surface area contributed by atoms with E-state index < -0.39 is 29.5 Å². The lowest BCUT2D eigenvalue weighted by Gasteiger charge is -2.17. The van der Waals surface area contributed by atoms with Gasteiger partial charge in [-0.3, -0.25) is 18.7 Å². The van der Waals surface area contributed by atoms with Gasteiger partial charge in [0.15, 0.2) is 11.5 Å². The standard InChI is InChI=1S/C31H27ClF2N6O3.C6H11NO2.C2H6/c1-15-17(19-11-6-12-20(24(19)32)22-14-16-8-5-10-18(16)29(36-22)43-4)9-7-13-21(15)35-26-23-28(38-27(37-26)25(33)34)39(2)31(42)40(3)30(23)41;8-6(9)5-1-3-7-4-2-5;1-2/h6-7,9,11-14,25H,5,8,10H2,1-4H3,(H,35,37,38);5,7H,1-4H2,(H,8,9);1-2H3. The average Bonchev–Trinajstić information content (AvgIpc) is 3.67. The molecule has 1 aliphatic heterocycles. The molecule has 3 N–H and O–H groups in total. The van der Waals surface area contributed by atoms with Crippen molar-refractivity contribution in [1.29, 1.82) is 0 Å². The van der Waals surface area contributed by atoms with E-state index in [-0.39, 0.29) is 22.8 Å². The fourth-order valence-electron chi connectivity index (χ4n) is 6.71. The van der Waals surface area contributed by atoms with E-state index in [9.17, 15) is 23.2 Å². The second-order valence-electron chi connectivity index (χ2n) is 12.8. The van der Waals surface area contributed by atoms with Crippen LogP contribution >= 0.6 is 11.6 Å². The molecule has 5 aromatic rings. The van der Waals surface area contributed by atoms with Crippen LogP contribution in [0.25, 0.3) is 33.4 Å². The molecule has 0 atom stereocenters. The molecule has 0 unspecified atom stereocenters. The van der Waals surface area contributed by atoms with Crippen molar-refractivity contribution in [2.45, 2.75) is 59.3 Å². The largest absolute Gasteiger partial charge is 0.481 e. The Kier molecular flexibility index (Phi) is 12.8. The Balaban J connectivity index is 0.000000443. The number of ether oxygens (including phenoxy) is 1. The number of nitrogens with zero attached hydrogens (tertiary/aromatic N) is 5. The van der Waals surface area contributed by atoms with Gasteiger partial charge in [0.1, 0.15) is 11.2 Å². The number of aryl methyl sites for hydroxylation is 2. The predicted molar refractivity (Wildman–Crippen MR) is 206 cm³/mol. The lowest BCUT2D eigenvalue weighted by molar-refractivity contribution is -0.142. The number of aromatic nitrogens is 5. The number of fused-ring (bicyclic) bond motifs is 2. The first-order chi connectivity index (χ1) is 25.9. The molecule has 0 amide bonds. The number of hydrogen-bond donors (Lipinski definition) is 3. The van der Waals surface area contributed by atoms with Crippen molar-refractivity contribution in [1.82, 2.24) is 29.4 Å². The van der Waals surface area contributed by atoms with Crippen molar-refractivity contribution in [2.75, 3.05) is 25.5 Å². The van der Waals surface area contributed by atoms with Crippen molar-refractivity contribution < 1.29 is 23.4 Å². The molecule has 54 heavy (non-hydrogen) atoms. The molecule has 7 rings (SSSR count). The molecule has 0 saturated carbocycles. The third kappa shape index (κ3) is 7.99. The van der Waals surface area contributed by atoms with Crippen LogP contribution in [-0.4, -0.2) is 55.4 Å². The fraction of sp³-hybridized carbons (Fsp3) is 0.385. The maximum atomic E-state index is 13.8. The van der Waals surface area contributed by atoms with Gasteiger partial charge >= 0.3 is 11.7 Å². The topological polar surface area (TPSA) is 153 Å². The van der Waals surface area contributed by atoms with Gasteiger partial charge in [0, 0.05) is 36.5 Å². The number of piperidine rings is 1. The Labute approximate surface area is 316 Å². The number of rotatable bonds is 7. The number of halogens is 3. The molecule has 1 fully saturated rings. The zero-order chi connectivity index (χ0) is 39.3. The molecule has 1 saturated heterocycles. The van der Waals surface area contributed by atoms with Crippen LogP contribution in [0.3, 0.4) is 0 Å². The Morgan fingerprint density at radius 2 is 1.67 bits per heavy atom. The van der Waals surface area contributed by atoms with E-state index >= 15 is 0 Å². The van der Waals surface area contributed by atoms with Crippen LogP contribution in [0, 0.1) is 12.8 Å². The van der Waals surface area contributed by atoms with Gasteiger partial charge in [-0.25, -0.2) is 28.5 Å². The lowest BCUT2D eigenvalue weighted by atomic mass is 9.96. The number of methoxy groups -OCH3 is 1. The second-order valence-corrected chi connectivity index (χ2v) is 13.2. The van der Waals surface area contributed by atoms with Crippen LogP contribution in [0.4, 0.5) is 20.3 Å². The van der Waals surface area contributed by atoms with Crippen LogP contribution in [0.15, 0.2) is 52.1 Å². The summed E-state index contributed by atoms with van der Waals surface area (Å²) in [5, 5.41) is 15.1. The molecule has 0 spiro atoms. The molecule has 15 heteroatoms. The smallest absolute Gasteiger partial charge is 0.332 e. The highest BCUT2D eigenvalue weighted by molar-refractivity contribution is 6.36. The summed E-state index contributed by atoms with van der Waals surface area (Å²) in [5.41, 5.74) is 4.96. The monoisotopic (exact) mass is 763 g/mol. The van der Waals surface area contributed by atoms with Gasteiger partial charge in [0.05, 0.1) is 23.7 Å². The summed E-state index contributed by atoms with van der Waals surface area (Å²) < 4.78 is 35.1. The zero-order valence-electron chi connectivity index (χ0n) is 31.1. The number of anilines is 2. The van der Waals surface area contributed by atoms with E-state index in [1.165, 1.54) is 19.7 Å². The van der Waals surface area contributed by atoms with Crippen LogP contribution in [0.5, 0.6) is 5.88 Å². The summed E-state index contributed by atoms with van der Waals surface area (Å²) >= 11 is 7.03. The summed E-state index contributed by atoms with van der Waals surface area (Å²) in [7, 11) is 4.29. The molecule has 286 valence electrons. The molecule has 0 radical (unpaired) electrons. The lowest BCUT2D eigenvalue weighted by Crippen LogP contribution is -2.38. The molecule has 3 aromatic heterocycles. The summed E-state index contributed by atoms with van der Waals surface area (Å²) in [6.45, 7) is 7.57. The number of hydrogen-bond acceptors (Lipinski definition) is 9. The highest BCUT2D eigenvalue weighted by Crippen LogP contribution is 2.41. The number of pyridine rings is 1. The summed E-state index contributed by atoms with van der Waals surface area (Å²) in [5.74, 6) is -1.06. The SMILES string of the molecule is CC.COc1nc(-c2cccc(-c3cccc(Nc4nc(C(F)F)nc5c4c(=O)n(C)c(=O)n5C)c3C)c2Cl)cc2c1CCC2.O=C(O)C1CCNCC1. The number of nitrogens with one attached hydrogen (secondary N) is 2. The third-order valence-corrected chi connectivity index (χ3v) is 10.0. The predicted octanol–water partition coefficient (Wildman–Crippen LogP) is 6.99. The van der Waals surface area contributed by atoms with Crippen LogP contribution in [0.1, 0.15) is 62.1 Å². The molecule has 0 bridgehead atoms. The second kappa shape index (κ2) is 17.3.